The maximum atomic E-state index is 12.1. The number of hydrogen-bond donors (Lipinski definition) is 2. The second-order valence-electron chi connectivity index (χ2n) is 7.07. The van der Waals surface area contributed by atoms with Gasteiger partial charge in [-0.05, 0) is 57.0 Å². The van der Waals surface area contributed by atoms with Crippen molar-refractivity contribution in [2.24, 2.45) is 0 Å². The summed E-state index contributed by atoms with van der Waals surface area (Å²) in [6.45, 7) is 5.82. The van der Waals surface area contributed by atoms with Crippen LogP contribution in [-0.2, 0) is 22.5 Å². The summed E-state index contributed by atoms with van der Waals surface area (Å²) in [7, 11) is 0. The maximum Gasteiger partial charge on any atom is 0.412 e. The number of rotatable bonds is 6. The molecule has 0 atom stereocenters. The van der Waals surface area contributed by atoms with Crippen LogP contribution in [0.1, 0.15) is 38.4 Å². The Labute approximate surface area is 167 Å². The minimum Gasteiger partial charge on any atom is -0.444 e. The average molecular weight is 434 g/mol. The Morgan fingerprint density at radius 2 is 1.96 bits per heavy atom. The van der Waals surface area contributed by atoms with Crippen LogP contribution in [-0.4, -0.2) is 22.6 Å². The summed E-state index contributed by atoms with van der Waals surface area (Å²) >= 11 is 3.38. The van der Waals surface area contributed by atoms with Gasteiger partial charge in [0, 0.05) is 22.8 Å². The Morgan fingerprint density at radius 1 is 1.19 bits per heavy atom. The first kappa shape index (κ1) is 20.9. The van der Waals surface area contributed by atoms with Crippen LogP contribution >= 0.6 is 15.9 Å². The molecular formula is C20H24BrN3O3. The Morgan fingerprint density at radius 3 is 2.67 bits per heavy atom. The maximum absolute atomic E-state index is 12.1. The van der Waals surface area contributed by atoms with Crippen LogP contribution in [0.5, 0.6) is 0 Å². The molecule has 0 aliphatic rings. The molecule has 2 rings (SSSR count). The predicted octanol–water partition coefficient (Wildman–Crippen LogP) is 4.44. The number of carbonyl (C=O) groups is 2. The zero-order valence-corrected chi connectivity index (χ0v) is 17.3. The lowest BCUT2D eigenvalue weighted by molar-refractivity contribution is -0.121. The molecule has 0 unspecified atom stereocenters. The highest BCUT2D eigenvalue weighted by Gasteiger charge is 2.16. The molecule has 0 saturated carbocycles. The minimum atomic E-state index is -0.553. The number of benzene rings is 1. The molecule has 1 aromatic carbocycles. The zero-order valence-electron chi connectivity index (χ0n) is 15.7. The first-order chi connectivity index (χ1) is 12.7. The fourth-order valence-electron chi connectivity index (χ4n) is 2.31. The van der Waals surface area contributed by atoms with Gasteiger partial charge in [0.1, 0.15) is 5.60 Å². The topological polar surface area (TPSA) is 80.3 Å². The van der Waals surface area contributed by atoms with Gasteiger partial charge in [0.25, 0.3) is 0 Å². The normalized spacial score (nSPS) is 11.0. The molecule has 1 aromatic heterocycles. The van der Waals surface area contributed by atoms with Gasteiger partial charge in [-0.3, -0.25) is 15.1 Å². The van der Waals surface area contributed by atoms with Crippen molar-refractivity contribution in [1.29, 1.82) is 0 Å². The third-order valence-electron chi connectivity index (χ3n) is 3.46. The zero-order chi connectivity index (χ0) is 19.9. The van der Waals surface area contributed by atoms with Crippen LogP contribution in [0.4, 0.5) is 10.5 Å². The molecule has 0 spiro atoms. The Hall–Kier alpha value is -2.41. The van der Waals surface area contributed by atoms with Gasteiger partial charge in [-0.15, -0.1) is 0 Å². The number of aryl methyl sites for hydroxylation is 1. The van der Waals surface area contributed by atoms with E-state index >= 15 is 0 Å². The van der Waals surface area contributed by atoms with E-state index in [1.165, 1.54) is 0 Å². The van der Waals surface area contributed by atoms with E-state index in [9.17, 15) is 9.59 Å². The second-order valence-corrected chi connectivity index (χ2v) is 7.99. The van der Waals surface area contributed by atoms with Crippen molar-refractivity contribution in [2.45, 2.75) is 45.8 Å². The first-order valence-electron chi connectivity index (χ1n) is 8.67. The molecule has 0 aliphatic heterocycles. The van der Waals surface area contributed by atoms with Gasteiger partial charge in [0.2, 0.25) is 5.91 Å². The van der Waals surface area contributed by atoms with Gasteiger partial charge in [-0.1, -0.05) is 28.1 Å². The van der Waals surface area contributed by atoms with Crippen LogP contribution in [0.15, 0.2) is 47.1 Å². The number of halogens is 1. The highest BCUT2D eigenvalue weighted by Crippen LogP contribution is 2.15. The van der Waals surface area contributed by atoms with E-state index in [1.807, 2.05) is 51.1 Å². The highest BCUT2D eigenvalue weighted by atomic mass is 79.9. The third kappa shape index (κ3) is 8.21. The number of nitrogens with zero attached hydrogens (tertiary/aromatic N) is 1. The molecular weight excluding hydrogens is 410 g/mol. The molecule has 0 bridgehead atoms. The van der Waals surface area contributed by atoms with E-state index in [0.29, 0.717) is 25.1 Å². The Kier molecular flexibility index (Phi) is 7.36. The first-order valence-corrected chi connectivity index (χ1v) is 9.47. The van der Waals surface area contributed by atoms with Crippen molar-refractivity contribution in [1.82, 2.24) is 10.3 Å². The lowest BCUT2D eigenvalue weighted by Gasteiger charge is -2.19. The van der Waals surface area contributed by atoms with E-state index in [1.54, 1.807) is 12.3 Å². The number of nitrogens with one attached hydrogen (secondary N) is 2. The quantitative estimate of drug-likeness (QED) is 0.705. The molecule has 0 radical (unpaired) electrons. The molecule has 0 fully saturated rings. The van der Waals surface area contributed by atoms with Gasteiger partial charge in [0.05, 0.1) is 12.2 Å². The molecule has 1 heterocycles. The van der Waals surface area contributed by atoms with Crippen LogP contribution in [0.2, 0.25) is 0 Å². The molecule has 0 saturated heterocycles. The van der Waals surface area contributed by atoms with Crippen molar-refractivity contribution < 1.29 is 14.3 Å². The van der Waals surface area contributed by atoms with E-state index in [0.717, 1.165) is 15.7 Å². The van der Waals surface area contributed by atoms with Crippen LogP contribution in [0.3, 0.4) is 0 Å². The summed E-state index contributed by atoms with van der Waals surface area (Å²) in [5.41, 5.74) is 1.84. The smallest absolute Gasteiger partial charge is 0.412 e. The summed E-state index contributed by atoms with van der Waals surface area (Å²) in [6.07, 6.45) is 2.11. The van der Waals surface area contributed by atoms with Crippen molar-refractivity contribution in [3.05, 3.63) is 58.3 Å². The number of anilines is 1. The molecule has 2 amide bonds. The summed E-state index contributed by atoms with van der Waals surface area (Å²) in [5, 5.41) is 5.56. The third-order valence-corrected chi connectivity index (χ3v) is 3.95. The number of ether oxygens (including phenoxy) is 1. The fourth-order valence-corrected chi connectivity index (χ4v) is 2.69. The standard InChI is InChI=1S/C20H24BrN3O3/c1-20(2,3)27-19(26)24-16-6-4-5-14(11-16)7-8-18(25)23-13-17-12-15(21)9-10-22-17/h4-6,9-12H,7-8,13H2,1-3H3,(H,23,25)(H,24,26). The number of aromatic nitrogens is 1. The largest absolute Gasteiger partial charge is 0.444 e. The SMILES string of the molecule is CC(C)(C)OC(=O)Nc1cccc(CCC(=O)NCc2cc(Br)ccn2)c1. The molecule has 144 valence electrons. The van der Waals surface area contributed by atoms with E-state index in [-0.39, 0.29) is 5.91 Å². The summed E-state index contributed by atoms with van der Waals surface area (Å²) in [4.78, 5) is 28.1. The fraction of sp³-hybridized carbons (Fsp3) is 0.350. The number of amides is 2. The molecule has 0 aliphatic carbocycles. The Bertz CT molecular complexity index is 803. The molecule has 2 aromatic rings. The van der Waals surface area contributed by atoms with Crippen LogP contribution in [0, 0.1) is 0 Å². The van der Waals surface area contributed by atoms with Gasteiger partial charge in [-0.2, -0.15) is 0 Å². The lowest BCUT2D eigenvalue weighted by atomic mass is 10.1. The average Bonchev–Trinajstić information content (AvgIpc) is 2.57. The van der Waals surface area contributed by atoms with E-state index in [2.05, 4.69) is 31.5 Å². The van der Waals surface area contributed by atoms with Gasteiger partial charge < -0.3 is 10.1 Å². The van der Waals surface area contributed by atoms with Gasteiger partial charge in [0.15, 0.2) is 0 Å². The highest BCUT2D eigenvalue weighted by molar-refractivity contribution is 9.10. The monoisotopic (exact) mass is 433 g/mol. The number of carbonyl (C=O) groups excluding carboxylic acids is 2. The lowest BCUT2D eigenvalue weighted by Crippen LogP contribution is -2.27. The molecule has 6 nitrogen and oxygen atoms in total. The Balaban J connectivity index is 1.81. The van der Waals surface area contributed by atoms with Crippen LogP contribution < -0.4 is 10.6 Å². The summed E-state index contributed by atoms with van der Waals surface area (Å²) in [5.74, 6) is -0.0534. The minimum absolute atomic E-state index is 0.0534. The van der Waals surface area contributed by atoms with Crippen molar-refractivity contribution >= 4 is 33.6 Å². The number of pyridine rings is 1. The van der Waals surface area contributed by atoms with Crippen LogP contribution in [0.25, 0.3) is 0 Å². The molecule has 7 heteroatoms. The van der Waals surface area contributed by atoms with Crippen molar-refractivity contribution in [2.75, 3.05) is 5.32 Å². The van der Waals surface area contributed by atoms with Crippen molar-refractivity contribution in [3.63, 3.8) is 0 Å². The van der Waals surface area contributed by atoms with Crippen molar-refractivity contribution in [3.8, 4) is 0 Å². The predicted molar refractivity (Wildman–Crippen MR) is 108 cm³/mol. The van der Waals surface area contributed by atoms with Gasteiger partial charge >= 0.3 is 6.09 Å². The summed E-state index contributed by atoms with van der Waals surface area (Å²) in [6, 6.07) is 11.1. The summed E-state index contributed by atoms with van der Waals surface area (Å²) < 4.78 is 6.17. The molecule has 2 N–H and O–H groups in total. The second kappa shape index (κ2) is 9.50. The van der Waals surface area contributed by atoms with E-state index in [4.69, 9.17) is 4.74 Å². The molecule has 27 heavy (non-hydrogen) atoms. The van der Waals surface area contributed by atoms with E-state index < -0.39 is 11.7 Å². The number of hydrogen-bond acceptors (Lipinski definition) is 4. The van der Waals surface area contributed by atoms with Gasteiger partial charge in [-0.25, -0.2) is 4.79 Å².